The Bertz CT molecular complexity index is 771. The monoisotopic (exact) mass is 314 g/mol. The molecule has 0 saturated heterocycles. The summed E-state index contributed by atoms with van der Waals surface area (Å²) in [7, 11) is 0. The molecule has 0 aliphatic carbocycles. The van der Waals surface area contributed by atoms with Crippen LogP contribution in [0.5, 0.6) is 5.75 Å². The number of azo groups is 1. The van der Waals surface area contributed by atoms with Crippen molar-refractivity contribution in [2.75, 3.05) is 0 Å². The van der Waals surface area contributed by atoms with Crippen molar-refractivity contribution >= 4 is 23.3 Å². The maximum absolute atomic E-state index is 11.0. The molecule has 0 saturated carbocycles. The number of aryl methyl sites for hydroxylation is 1. The van der Waals surface area contributed by atoms with Crippen molar-refractivity contribution in [3.63, 3.8) is 0 Å². The van der Waals surface area contributed by atoms with E-state index in [1.54, 1.807) is 24.3 Å². The molecule has 118 valence electrons. The van der Waals surface area contributed by atoms with E-state index in [4.69, 9.17) is 10.2 Å². The number of carboxylic acid groups (broad SMARTS) is 2. The van der Waals surface area contributed by atoms with Crippen LogP contribution in [0, 0.1) is 0 Å². The van der Waals surface area contributed by atoms with Gasteiger partial charge < -0.3 is 15.3 Å². The van der Waals surface area contributed by atoms with Crippen LogP contribution >= 0.6 is 0 Å². The number of aromatic carboxylic acids is 1. The SMILES string of the molecule is O=C(O)CCc1ccccc1/N=N/c1ccc(O)c(C(=O)O)c1. The Balaban J connectivity index is 2.25. The topological polar surface area (TPSA) is 120 Å². The molecule has 0 atom stereocenters. The smallest absolute Gasteiger partial charge is 0.339 e. The van der Waals surface area contributed by atoms with Crippen molar-refractivity contribution in [1.82, 2.24) is 0 Å². The molecule has 0 unspecified atom stereocenters. The van der Waals surface area contributed by atoms with Gasteiger partial charge in [0.25, 0.3) is 0 Å². The lowest BCUT2D eigenvalue weighted by Crippen LogP contribution is -1.97. The van der Waals surface area contributed by atoms with Crippen molar-refractivity contribution in [2.24, 2.45) is 10.2 Å². The van der Waals surface area contributed by atoms with Crippen molar-refractivity contribution in [1.29, 1.82) is 0 Å². The summed E-state index contributed by atoms with van der Waals surface area (Å²) in [6, 6.07) is 10.9. The van der Waals surface area contributed by atoms with Gasteiger partial charge in [-0.2, -0.15) is 10.2 Å². The fourth-order valence-electron chi connectivity index (χ4n) is 1.93. The van der Waals surface area contributed by atoms with Crippen molar-refractivity contribution in [3.8, 4) is 5.75 Å². The third kappa shape index (κ3) is 4.37. The third-order valence-electron chi connectivity index (χ3n) is 3.08. The molecule has 0 amide bonds. The maximum atomic E-state index is 11.0. The van der Waals surface area contributed by atoms with E-state index in [-0.39, 0.29) is 23.4 Å². The van der Waals surface area contributed by atoms with E-state index in [0.717, 1.165) is 5.56 Å². The second-order valence-corrected chi connectivity index (χ2v) is 4.73. The van der Waals surface area contributed by atoms with Crippen LogP contribution in [0.3, 0.4) is 0 Å². The van der Waals surface area contributed by atoms with Gasteiger partial charge in [0, 0.05) is 6.42 Å². The number of carboxylic acids is 2. The first kappa shape index (κ1) is 16.2. The number of rotatable bonds is 6. The minimum Gasteiger partial charge on any atom is -0.507 e. The Morgan fingerprint density at radius 3 is 2.43 bits per heavy atom. The number of hydrogen-bond donors (Lipinski definition) is 3. The summed E-state index contributed by atoms with van der Waals surface area (Å²) < 4.78 is 0. The molecule has 0 aromatic heterocycles. The van der Waals surface area contributed by atoms with E-state index in [0.29, 0.717) is 12.1 Å². The summed E-state index contributed by atoms with van der Waals surface area (Å²) in [5.41, 5.74) is 1.25. The Morgan fingerprint density at radius 1 is 1.00 bits per heavy atom. The van der Waals surface area contributed by atoms with Crippen LogP contribution in [0.15, 0.2) is 52.7 Å². The van der Waals surface area contributed by atoms with Crippen LogP contribution in [0.25, 0.3) is 0 Å². The van der Waals surface area contributed by atoms with E-state index >= 15 is 0 Å². The predicted molar refractivity (Wildman–Crippen MR) is 81.6 cm³/mol. The molecule has 0 spiro atoms. The molecular formula is C16H14N2O5. The van der Waals surface area contributed by atoms with Crippen LogP contribution in [-0.2, 0) is 11.2 Å². The molecule has 0 fully saturated rings. The average molecular weight is 314 g/mol. The molecular weight excluding hydrogens is 300 g/mol. The molecule has 3 N–H and O–H groups in total. The fraction of sp³-hybridized carbons (Fsp3) is 0.125. The van der Waals surface area contributed by atoms with Crippen LogP contribution in [0.1, 0.15) is 22.3 Å². The first-order valence-corrected chi connectivity index (χ1v) is 6.75. The molecule has 0 bridgehead atoms. The summed E-state index contributed by atoms with van der Waals surface area (Å²) >= 11 is 0. The van der Waals surface area contributed by atoms with Gasteiger partial charge in [0.1, 0.15) is 11.3 Å². The average Bonchev–Trinajstić information content (AvgIpc) is 2.52. The van der Waals surface area contributed by atoms with E-state index in [1.807, 2.05) is 0 Å². The minimum atomic E-state index is -1.26. The Kier molecular flexibility index (Phi) is 5.03. The van der Waals surface area contributed by atoms with Gasteiger partial charge in [0.05, 0.1) is 11.4 Å². The van der Waals surface area contributed by atoms with Gasteiger partial charge in [0.15, 0.2) is 0 Å². The van der Waals surface area contributed by atoms with Gasteiger partial charge in [-0.05, 0) is 36.2 Å². The summed E-state index contributed by atoms with van der Waals surface area (Å²) in [5, 5.41) is 35.1. The highest BCUT2D eigenvalue weighted by molar-refractivity contribution is 5.91. The number of aromatic hydroxyl groups is 1. The summed E-state index contributed by atoms with van der Waals surface area (Å²) in [4.78, 5) is 21.6. The number of aliphatic carboxylic acids is 1. The molecule has 0 aliphatic rings. The first-order chi connectivity index (χ1) is 11.0. The van der Waals surface area contributed by atoms with Gasteiger partial charge in [0.2, 0.25) is 0 Å². The number of carbonyl (C=O) groups is 2. The zero-order valence-electron chi connectivity index (χ0n) is 12.0. The van der Waals surface area contributed by atoms with Crippen LogP contribution in [0.2, 0.25) is 0 Å². The highest BCUT2D eigenvalue weighted by Gasteiger charge is 2.10. The molecule has 23 heavy (non-hydrogen) atoms. The maximum Gasteiger partial charge on any atom is 0.339 e. The largest absolute Gasteiger partial charge is 0.507 e. The highest BCUT2D eigenvalue weighted by atomic mass is 16.4. The van der Waals surface area contributed by atoms with Gasteiger partial charge in [-0.25, -0.2) is 4.79 Å². The summed E-state index contributed by atoms with van der Waals surface area (Å²) in [5.74, 6) is -2.51. The predicted octanol–water partition coefficient (Wildman–Crippen LogP) is 3.52. The highest BCUT2D eigenvalue weighted by Crippen LogP contribution is 2.26. The van der Waals surface area contributed by atoms with Gasteiger partial charge in [-0.1, -0.05) is 18.2 Å². The minimum absolute atomic E-state index is 0.0189. The van der Waals surface area contributed by atoms with Crippen LogP contribution in [0.4, 0.5) is 11.4 Å². The number of hydrogen-bond acceptors (Lipinski definition) is 5. The van der Waals surface area contributed by atoms with E-state index in [2.05, 4.69) is 10.2 Å². The molecule has 0 radical (unpaired) electrons. The summed E-state index contributed by atoms with van der Waals surface area (Å²) in [6.45, 7) is 0. The van der Waals surface area contributed by atoms with Crippen LogP contribution in [-0.4, -0.2) is 27.3 Å². The quantitative estimate of drug-likeness (QED) is 0.705. The zero-order chi connectivity index (χ0) is 16.8. The van der Waals surface area contributed by atoms with E-state index < -0.39 is 11.9 Å². The second-order valence-electron chi connectivity index (χ2n) is 4.73. The number of nitrogens with zero attached hydrogens (tertiary/aromatic N) is 2. The standard InChI is InChI=1S/C16H14N2O5/c19-14-7-6-11(9-12(14)16(22)23)17-18-13-4-2-1-3-10(13)5-8-15(20)21/h1-4,6-7,9,19H,5,8H2,(H,20,21)(H,22,23)/b18-17+. The van der Waals surface area contributed by atoms with Crippen molar-refractivity contribution < 1.29 is 24.9 Å². The fourth-order valence-corrected chi connectivity index (χ4v) is 1.93. The van der Waals surface area contributed by atoms with Crippen molar-refractivity contribution in [2.45, 2.75) is 12.8 Å². The summed E-state index contributed by atoms with van der Waals surface area (Å²) in [6.07, 6.45) is 0.301. The number of phenols is 1. The van der Waals surface area contributed by atoms with Gasteiger partial charge in [-0.15, -0.1) is 0 Å². The zero-order valence-corrected chi connectivity index (χ0v) is 12.0. The molecule has 2 aromatic rings. The molecule has 7 nitrogen and oxygen atoms in total. The molecule has 2 aromatic carbocycles. The normalized spacial score (nSPS) is 10.8. The second kappa shape index (κ2) is 7.17. The first-order valence-electron chi connectivity index (χ1n) is 6.75. The third-order valence-corrected chi connectivity index (χ3v) is 3.08. The Hall–Kier alpha value is -3.22. The molecule has 2 rings (SSSR count). The lowest BCUT2D eigenvalue weighted by atomic mass is 10.1. The van der Waals surface area contributed by atoms with Crippen molar-refractivity contribution in [3.05, 3.63) is 53.6 Å². The lowest BCUT2D eigenvalue weighted by molar-refractivity contribution is -0.136. The molecule has 0 aliphatic heterocycles. The Labute approximate surface area is 131 Å². The van der Waals surface area contributed by atoms with Gasteiger partial charge >= 0.3 is 11.9 Å². The van der Waals surface area contributed by atoms with Crippen LogP contribution < -0.4 is 0 Å². The molecule has 7 heteroatoms. The van der Waals surface area contributed by atoms with E-state index in [1.165, 1.54) is 18.2 Å². The lowest BCUT2D eigenvalue weighted by Gasteiger charge is -2.03. The Morgan fingerprint density at radius 2 is 1.74 bits per heavy atom. The number of benzene rings is 2. The van der Waals surface area contributed by atoms with E-state index in [9.17, 15) is 14.7 Å². The van der Waals surface area contributed by atoms with Gasteiger partial charge in [-0.3, -0.25) is 4.79 Å². The molecule has 0 heterocycles.